The number of hydrogen-bond donors (Lipinski definition) is 1. The first-order chi connectivity index (χ1) is 10.2. The fraction of sp³-hybridized carbons (Fsp3) is 0.526. The van der Waals surface area contributed by atoms with Gasteiger partial charge < -0.3 is 5.73 Å². The second kappa shape index (κ2) is 5.10. The molecule has 4 rings (SSSR count). The van der Waals surface area contributed by atoms with Gasteiger partial charge in [0.1, 0.15) is 0 Å². The number of pyridine rings is 1. The maximum atomic E-state index is 6.51. The van der Waals surface area contributed by atoms with Crippen molar-refractivity contribution in [2.75, 3.05) is 0 Å². The summed E-state index contributed by atoms with van der Waals surface area (Å²) in [5, 5.41) is 1.21. The Morgan fingerprint density at radius 2 is 2.10 bits per heavy atom. The molecule has 2 N–H and O–H groups in total. The SMILES string of the molecule is Cc1ccc2cc(C(N)CC3CC4CCC3C4)ccc2n1. The van der Waals surface area contributed by atoms with E-state index in [1.165, 1.54) is 36.6 Å². The molecule has 2 bridgehead atoms. The lowest BCUT2D eigenvalue weighted by molar-refractivity contribution is 0.296. The monoisotopic (exact) mass is 280 g/mol. The van der Waals surface area contributed by atoms with Crippen molar-refractivity contribution in [3.63, 3.8) is 0 Å². The summed E-state index contributed by atoms with van der Waals surface area (Å²) >= 11 is 0. The normalized spacial score (nSPS) is 29.1. The van der Waals surface area contributed by atoms with E-state index in [4.69, 9.17) is 5.73 Å². The van der Waals surface area contributed by atoms with Gasteiger partial charge in [-0.05, 0) is 74.1 Å². The van der Waals surface area contributed by atoms with Gasteiger partial charge in [-0.15, -0.1) is 0 Å². The molecule has 0 radical (unpaired) electrons. The number of nitrogens with zero attached hydrogens (tertiary/aromatic N) is 1. The topological polar surface area (TPSA) is 38.9 Å². The second-order valence-electron chi connectivity index (χ2n) is 7.18. The molecular weight excluding hydrogens is 256 g/mol. The van der Waals surface area contributed by atoms with E-state index in [0.29, 0.717) is 0 Å². The molecule has 21 heavy (non-hydrogen) atoms. The highest BCUT2D eigenvalue weighted by molar-refractivity contribution is 5.79. The van der Waals surface area contributed by atoms with E-state index in [0.717, 1.165) is 35.4 Å². The summed E-state index contributed by atoms with van der Waals surface area (Å²) in [5.41, 5.74) is 9.93. The second-order valence-corrected chi connectivity index (χ2v) is 7.18. The highest BCUT2D eigenvalue weighted by Crippen LogP contribution is 2.50. The van der Waals surface area contributed by atoms with Crippen LogP contribution in [-0.2, 0) is 0 Å². The van der Waals surface area contributed by atoms with Gasteiger partial charge in [0.25, 0.3) is 0 Å². The molecule has 1 aromatic carbocycles. The molecule has 4 atom stereocenters. The average Bonchev–Trinajstić information content (AvgIpc) is 3.09. The van der Waals surface area contributed by atoms with E-state index in [1.807, 2.05) is 6.92 Å². The zero-order valence-electron chi connectivity index (χ0n) is 12.8. The number of nitrogens with two attached hydrogens (primary N) is 1. The van der Waals surface area contributed by atoms with Crippen LogP contribution in [0.2, 0.25) is 0 Å². The Hall–Kier alpha value is -1.41. The first kappa shape index (κ1) is 13.3. The van der Waals surface area contributed by atoms with E-state index < -0.39 is 0 Å². The lowest BCUT2D eigenvalue weighted by atomic mass is 9.83. The predicted molar refractivity (Wildman–Crippen MR) is 87.0 cm³/mol. The lowest BCUT2D eigenvalue weighted by Crippen LogP contribution is -2.19. The summed E-state index contributed by atoms with van der Waals surface area (Å²) in [5.74, 6) is 2.84. The highest BCUT2D eigenvalue weighted by atomic mass is 14.7. The number of rotatable bonds is 3. The van der Waals surface area contributed by atoms with Crippen LogP contribution in [0.15, 0.2) is 30.3 Å². The van der Waals surface area contributed by atoms with Gasteiger partial charge in [0.2, 0.25) is 0 Å². The zero-order chi connectivity index (χ0) is 14.4. The Morgan fingerprint density at radius 3 is 2.86 bits per heavy atom. The van der Waals surface area contributed by atoms with Crippen molar-refractivity contribution >= 4 is 10.9 Å². The summed E-state index contributed by atoms with van der Waals surface area (Å²) in [4.78, 5) is 4.57. The third-order valence-electron chi connectivity index (χ3n) is 5.72. The molecule has 2 aliphatic rings. The van der Waals surface area contributed by atoms with E-state index in [-0.39, 0.29) is 6.04 Å². The number of hydrogen-bond acceptors (Lipinski definition) is 2. The highest BCUT2D eigenvalue weighted by Gasteiger charge is 2.39. The molecule has 0 aliphatic heterocycles. The van der Waals surface area contributed by atoms with Crippen LogP contribution in [0.1, 0.15) is 49.4 Å². The van der Waals surface area contributed by atoms with E-state index in [1.54, 1.807) is 0 Å². The summed E-state index contributed by atoms with van der Waals surface area (Å²) in [6.45, 7) is 2.04. The van der Waals surface area contributed by atoms with Gasteiger partial charge in [-0.25, -0.2) is 0 Å². The van der Waals surface area contributed by atoms with E-state index in [9.17, 15) is 0 Å². The Morgan fingerprint density at radius 1 is 1.19 bits per heavy atom. The Balaban J connectivity index is 1.53. The van der Waals surface area contributed by atoms with Crippen LogP contribution < -0.4 is 5.73 Å². The Kier molecular flexibility index (Phi) is 3.22. The Bertz CT molecular complexity index is 664. The maximum Gasteiger partial charge on any atom is 0.0705 e. The molecule has 2 fully saturated rings. The van der Waals surface area contributed by atoms with Crippen LogP contribution in [0.25, 0.3) is 10.9 Å². The maximum absolute atomic E-state index is 6.51. The number of fused-ring (bicyclic) bond motifs is 3. The number of aryl methyl sites for hydroxylation is 1. The third kappa shape index (κ3) is 2.46. The molecule has 1 aromatic heterocycles. The van der Waals surface area contributed by atoms with Crippen molar-refractivity contribution in [3.05, 3.63) is 41.6 Å². The molecule has 2 saturated carbocycles. The summed E-state index contributed by atoms with van der Waals surface area (Å²) < 4.78 is 0. The fourth-order valence-electron chi connectivity index (χ4n) is 4.60. The van der Waals surface area contributed by atoms with Crippen LogP contribution in [0.5, 0.6) is 0 Å². The molecule has 0 amide bonds. The lowest BCUT2D eigenvalue weighted by Gasteiger charge is -2.25. The van der Waals surface area contributed by atoms with Gasteiger partial charge in [-0.2, -0.15) is 0 Å². The van der Waals surface area contributed by atoms with Crippen LogP contribution in [0.3, 0.4) is 0 Å². The first-order valence-corrected chi connectivity index (χ1v) is 8.32. The quantitative estimate of drug-likeness (QED) is 0.906. The van der Waals surface area contributed by atoms with Crippen LogP contribution in [-0.4, -0.2) is 4.98 Å². The minimum absolute atomic E-state index is 0.181. The molecule has 2 heteroatoms. The van der Waals surface area contributed by atoms with Crippen molar-refractivity contribution in [1.29, 1.82) is 0 Å². The first-order valence-electron chi connectivity index (χ1n) is 8.32. The number of aromatic nitrogens is 1. The van der Waals surface area contributed by atoms with Gasteiger partial charge >= 0.3 is 0 Å². The van der Waals surface area contributed by atoms with Gasteiger partial charge in [0.15, 0.2) is 0 Å². The zero-order valence-corrected chi connectivity index (χ0v) is 12.8. The minimum Gasteiger partial charge on any atom is -0.324 e. The Labute approximate surface area is 126 Å². The molecule has 1 heterocycles. The van der Waals surface area contributed by atoms with Gasteiger partial charge in [-0.1, -0.05) is 18.6 Å². The van der Waals surface area contributed by atoms with Gasteiger partial charge in [0, 0.05) is 17.1 Å². The summed E-state index contributed by atoms with van der Waals surface area (Å²) in [6.07, 6.45) is 6.97. The molecule has 0 saturated heterocycles. The van der Waals surface area contributed by atoms with Crippen molar-refractivity contribution in [2.24, 2.45) is 23.5 Å². The molecule has 0 spiro atoms. The summed E-state index contributed by atoms with van der Waals surface area (Å²) in [6, 6.07) is 10.9. The predicted octanol–water partition coefficient (Wildman–Crippen LogP) is 4.37. The van der Waals surface area contributed by atoms with Crippen LogP contribution in [0.4, 0.5) is 0 Å². The third-order valence-corrected chi connectivity index (χ3v) is 5.72. The smallest absolute Gasteiger partial charge is 0.0705 e. The number of benzene rings is 1. The standard InChI is InChI=1S/C19H24N2/c1-12-2-4-16-10-15(6-7-19(16)21-12)18(20)11-17-9-13-3-5-14(17)8-13/h2,4,6-7,10,13-14,17-18H,3,5,8-9,11,20H2,1H3. The molecule has 4 unspecified atom stereocenters. The average molecular weight is 280 g/mol. The van der Waals surface area contributed by atoms with Crippen molar-refractivity contribution in [1.82, 2.24) is 4.98 Å². The fourth-order valence-corrected chi connectivity index (χ4v) is 4.60. The van der Waals surface area contributed by atoms with Gasteiger partial charge in [-0.3, -0.25) is 4.98 Å². The van der Waals surface area contributed by atoms with E-state index in [2.05, 4.69) is 35.3 Å². The van der Waals surface area contributed by atoms with Crippen LogP contribution in [0, 0.1) is 24.7 Å². The molecule has 110 valence electrons. The van der Waals surface area contributed by atoms with E-state index >= 15 is 0 Å². The van der Waals surface area contributed by atoms with Crippen molar-refractivity contribution < 1.29 is 0 Å². The van der Waals surface area contributed by atoms with Crippen molar-refractivity contribution in [3.8, 4) is 0 Å². The van der Waals surface area contributed by atoms with Gasteiger partial charge in [0.05, 0.1) is 5.52 Å². The molecular formula is C19H24N2. The van der Waals surface area contributed by atoms with Crippen molar-refractivity contribution in [2.45, 2.75) is 45.1 Å². The largest absolute Gasteiger partial charge is 0.324 e. The minimum atomic E-state index is 0.181. The molecule has 2 aliphatic carbocycles. The van der Waals surface area contributed by atoms with Crippen LogP contribution >= 0.6 is 0 Å². The summed E-state index contributed by atoms with van der Waals surface area (Å²) in [7, 11) is 0. The molecule has 2 aromatic rings. The molecule has 2 nitrogen and oxygen atoms in total.